The monoisotopic (exact) mass is 406 g/mol. The van der Waals surface area contributed by atoms with Gasteiger partial charge in [-0.05, 0) is 53.6 Å². The van der Waals surface area contributed by atoms with Crippen molar-refractivity contribution in [3.63, 3.8) is 0 Å². The number of aldehydes is 1. The average Bonchev–Trinajstić information content (AvgIpc) is 3.44. The lowest BCUT2D eigenvalue weighted by Crippen LogP contribution is -2.00. The second-order valence-electron chi connectivity index (χ2n) is 6.77. The molecule has 2 heterocycles. The highest BCUT2D eigenvalue weighted by atomic mass is 16.7. The first-order chi connectivity index (χ1) is 14.8. The van der Waals surface area contributed by atoms with Crippen molar-refractivity contribution in [1.82, 2.24) is 0 Å². The Labute approximate surface area is 172 Å². The second-order valence-corrected chi connectivity index (χ2v) is 6.77. The molecule has 0 aromatic heterocycles. The van der Waals surface area contributed by atoms with Gasteiger partial charge in [-0.15, -0.1) is 0 Å². The van der Waals surface area contributed by atoms with Gasteiger partial charge in [0, 0.05) is 0 Å². The van der Waals surface area contributed by atoms with Gasteiger partial charge in [0.1, 0.15) is 24.7 Å². The topological polar surface area (TPSA) is 72.5 Å². The van der Waals surface area contributed by atoms with Crippen LogP contribution in [-0.2, 0) is 13.2 Å². The van der Waals surface area contributed by atoms with E-state index in [1.807, 2.05) is 36.4 Å². The molecule has 30 heavy (non-hydrogen) atoms. The fourth-order valence-electron chi connectivity index (χ4n) is 3.23. The Morgan fingerprint density at radius 1 is 0.700 bits per heavy atom. The number of hydrogen-bond donors (Lipinski definition) is 0. The molecule has 0 fully saturated rings. The molecule has 2 aliphatic rings. The third-order valence-electron chi connectivity index (χ3n) is 4.78. The second kappa shape index (κ2) is 7.87. The molecule has 3 aromatic rings. The van der Waals surface area contributed by atoms with E-state index in [2.05, 4.69) is 0 Å². The van der Waals surface area contributed by atoms with Gasteiger partial charge in [-0.2, -0.15) is 0 Å². The summed E-state index contributed by atoms with van der Waals surface area (Å²) in [4.78, 5) is 11.5. The van der Waals surface area contributed by atoms with Crippen molar-refractivity contribution in [3.05, 3.63) is 71.3 Å². The minimum absolute atomic E-state index is 0.225. The normalized spacial score (nSPS) is 13.2. The number of carbonyl (C=O) groups excluding carboxylic acids is 1. The molecule has 5 rings (SSSR count). The maximum atomic E-state index is 11.5. The van der Waals surface area contributed by atoms with Gasteiger partial charge < -0.3 is 28.4 Å². The fraction of sp³-hybridized carbons (Fsp3) is 0.174. The van der Waals surface area contributed by atoms with Crippen LogP contribution in [0, 0.1) is 0 Å². The standard InChI is InChI=1S/C23H18O7/c24-10-17-9-18(25-11-15-1-4-20-22(7-15)29-13-27-20)3-6-19(17)26-12-16-2-5-21-23(8-16)30-14-28-21/h1-10H,11-14H2. The van der Waals surface area contributed by atoms with E-state index in [0.29, 0.717) is 41.8 Å². The zero-order valence-corrected chi connectivity index (χ0v) is 16.0. The Hall–Kier alpha value is -3.87. The molecule has 0 saturated heterocycles. The van der Waals surface area contributed by atoms with Crippen LogP contribution >= 0.6 is 0 Å². The van der Waals surface area contributed by atoms with Crippen molar-refractivity contribution >= 4 is 6.29 Å². The minimum Gasteiger partial charge on any atom is -0.489 e. The maximum Gasteiger partial charge on any atom is 0.231 e. The number of ether oxygens (including phenoxy) is 6. The lowest BCUT2D eigenvalue weighted by Gasteiger charge is -2.12. The quantitative estimate of drug-likeness (QED) is 0.547. The van der Waals surface area contributed by atoms with Crippen molar-refractivity contribution < 1.29 is 33.2 Å². The number of fused-ring (bicyclic) bond motifs is 2. The van der Waals surface area contributed by atoms with Crippen molar-refractivity contribution in [2.24, 2.45) is 0 Å². The van der Waals surface area contributed by atoms with Crippen LogP contribution in [0.2, 0.25) is 0 Å². The van der Waals surface area contributed by atoms with Crippen molar-refractivity contribution in [2.75, 3.05) is 13.6 Å². The Balaban J connectivity index is 1.23. The highest BCUT2D eigenvalue weighted by molar-refractivity contribution is 5.80. The van der Waals surface area contributed by atoms with Crippen LogP contribution in [0.1, 0.15) is 21.5 Å². The number of carbonyl (C=O) groups is 1. The number of rotatable bonds is 7. The molecule has 2 aliphatic heterocycles. The Morgan fingerprint density at radius 2 is 1.30 bits per heavy atom. The average molecular weight is 406 g/mol. The molecule has 0 bridgehead atoms. The number of hydrogen-bond acceptors (Lipinski definition) is 7. The Kier molecular flexibility index (Phi) is 4.77. The van der Waals surface area contributed by atoms with Crippen LogP contribution in [0.15, 0.2) is 54.6 Å². The van der Waals surface area contributed by atoms with Crippen LogP contribution in [0.25, 0.3) is 0 Å². The molecule has 0 N–H and O–H groups in total. The fourth-order valence-corrected chi connectivity index (χ4v) is 3.23. The largest absolute Gasteiger partial charge is 0.489 e. The van der Waals surface area contributed by atoms with Crippen molar-refractivity contribution in [2.45, 2.75) is 13.2 Å². The maximum absolute atomic E-state index is 11.5. The number of benzene rings is 3. The molecule has 7 nitrogen and oxygen atoms in total. The predicted octanol–water partition coefficient (Wildman–Crippen LogP) is 4.11. The van der Waals surface area contributed by atoms with E-state index < -0.39 is 0 Å². The summed E-state index contributed by atoms with van der Waals surface area (Å²) in [6.07, 6.45) is 0.752. The molecule has 0 unspecified atom stereocenters. The molecule has 7 heteroatoms. The zero-order valence-electron chi connectivity index (χ0n) is 16.0. The van der Waals surface area contributed by atoms with Crippen LogP contribution in [0.3, 0.4) is 0 Å². The van der Waals surface area contributed by atoms with Gasteiger partial charge in [-0.3, -0.25) is 4.79 Å². The SMILES string of the molecule is O=Cc1cc(OCc2ccc3c(c2)OCO3)ccc1OCc1ccc2c(c1)OCO2. The first-order valence-electron chi connectivity index (χ1n) is 9.40. The lowest BCUT2D eigenvalue weighted by molar-refractivity contribution is 0.111. The first kappa shape index (κ1) is 18.2. The van der Waals surface area contributed by atoms with Crippen LogP contribution in [-0.4, -0.2) is 19.9 Å². The van der Waals surface area contributed by atoms with E-state index in [1.165, 1.54) is 0 Å². The van der Waals surface area contributed by atoms with Gasteiger partial charge in [0.05, 0.1) is 5.56 Å². The van der Waals surface area contributed by atoms with E-state index in [0.717, 1.165) is 28.9 Å². The van der Waals surface area contributed by atoms with Crippen molar-refractivity contribution in [3.8, 4) is 34.5 Å². The van der Waals surface area contributed by atoms with Crippen LogP contribution < -0.4 is 28.4 Å². The molecule has 0 amide bonds. The van der Waals surface area contributed by atoms with Gasteiger partial charge >= 0.3 is 0 Å². The summed E-state index contributed by atoms with van der Waals surface area (Å²) in [6, 6.07) is 16.4. The summed E-state index contributed by atoms with van der Waals surface area (Å²) in [5, 5.41) is 0. The molecule has 0 aliphatic carbocycles. The van der Waals surface area contributed by atoms with E-state index in [-0.39, 0.29) is 13.6 Å². The van der Waals surface area contributed by atoms with E-state index in [4.69, 9.17) is 28.4 Å². The third kappa shape index (κ3) is 3.69. The highest BCUT2D eigenvalue weighted by Crippen LogP contribution is 2.34. The molecule has 0 saturated carbocycles. The summed E-state index contributed by atoms with van der Waals surface area (Å²) < 4.78 is 33.0. The zero-order chi connectivity index (χ0) is 20.3. The molecular weight excluding hydrogens is 388 g/mol. The summed E-state index contributed by atoms with van der Waals surface area (Å²) in [5.74, 6) is 3.90. The van der Waals surface area contributed by atoms with E-state index in [9.17, 15) is 4.79 Å². The van der Waals surface area contributed by atoms with Gasteiger partial charge in [-0.1, -0.05) is 12.1 Å². The minimum atomic E-state index is 0.225. The van der Waals surface area contributed by atoms with Crippen LogP contribution in [0.5, 0.6) is 34.5 Å². The van der Waals surface area contributed by atoms with Gasteiger partial charge in [0.25, 0.3) is 0 Å². The summed E-state index contributed by atoms with van der Waals surface area (Å²) in [6.45, 7) is 1.10. The summed E-state index contributed by atoms with van der Waals surface area (Å²) in [7, 11) is 0. The van der Waals surface area contributed by atoms with Crippen molar-refractivity contribution in [1.29, 1.82) is 0 Å². The Bertz CT molecular complexity index is 1090. The van der Waals surface area contributed by atoms with Gasteiger partial charge in [0.15, 0.2) is 29.3 Å². The molecule has 0 atom stereocenters. The third-order valence-corrected chi connectivity index (χ3v) is 4.78. The summed E-state index contributed by atoms with van der Waals surface area (Å²) >= 11 is 0. The highest BCUT2D eigenvalue weighted by Gasteiger charge is 2.15. The molecule has 3 aromatic carbocycles. The van der Waals surface area contributed by atoms with Crippen LogP contribution in [0.4, 0.5) is 0 Å². The Morgan fingerprint density at radius 3 is 1.93 bits per heavy atom. The molecule has 152 valence electrons. The smallest absolute Gasteiger partial charge is 0.231 e. The van der Waals surface area contributed by atoms with Gasteiger partial charge in [0.2, 0.25) is 13.6 Å². The lowest BCUT2D eigenvalue weighted by atomic mass is 10.2. The van der Waals surface area contributed by atoms with E-state index >= 15 is 0 Å². The molecule has 0 radical (unpaired) electrons. The molecule has 0 spiro atoms. The predicted molar refractivity (Wildman–Crippen MR) is 106 cm³/mol. The summed E-state index contributed by atoms with van der Waals surface area (Å²) in [5.41, 5.74) is 2.27. The molecular formula is C23H18O7. The first-order valence-corrected chi connectivity index (χ1v) is 9.40. The van der Waals surface area contributed by atoms with E-state index in [1.54, 1.807) is 18.2 Å². The van der Waals surface area contributed by atoms with Gasteiger partial charge in [-0.25, -0.2) is 0 Å².